The van der Waals surface area contributed by atoms with Crippen molar-refractivity contribution in [3.63, 3.8) is 0 Å². The number of hydroxylamine groups is 1. The van der Waals surface area contributed by atoms with Gasteiger partial charge in [-0.2, -0.15) is 0 Å². The Hall–Kier alpha value is -3.16. The number of carbonyl (C=O) groups is 1. The van der Waals surface area contributed by atoms with Crippen LogP contribution in [0.4, 0.5) is 5.69 Å². The highest BCUT2D eigenvalue weighted by Gasteiger charge is 2.15. The molecule has 0 aliphatic carbocycles. The van der Waals surface area contributed by atoms with Crippen molar-refractivity contribution in [3.8, 4) is 0 Å². The first kappa shape index (κ1) is 19.6. The predicted octanol–water partition coefficient (Wildman–Crippen LogP) is 3.66. The summed E-state index contributed by atoms with van der Waals surface area (Å²) in [5, 5.41) is 0. The summed E-state index contributed by atoms with van der Waals surface area (Å²) in [7, 11) is -3.73. The zero-order valence-corrected chi connectivity index (χ0v) is 16.1. The van der Waals surface area contributed by atoms with Gasteiger partial charge in [-0.3, -0.25) is 14.4 Å². The van der Waals surface area contributed by atoms with Crippen LogP contribution in [-0.4, -0.2) is 14.3 Å². The highest BCUT2D eigenvalue weighted by Crippen LogP contribution is 2.17. The van der Waals surface area contributed by atoms with Crippen molar-refractivity contribution in [3.05, 3.63) is 95.6 Å². The van der Waals surface area contributed by atoms with Gasteiger partial charge in [-0.25, -0.2) is 13.9 Å². The van der Waals surface area contributed by atoms with Crippen LogP contribution >= 0.6 is 0 Å². The fourth-order valence-corrected chi connectivity index (χ4v) is 3.50. The molecule has 0 unspecified atom stereocenters. The quantitative estimate of drug-likeness (QED) is 0.597. The lowest BCUT2D eigenvalue weighted by Crippen LogP contribution is -2.23. The van der Waals surface area contributed by atoms with Gasteiger partial charge in [0.15, 0.2) is 0 Å². The van der Waals surface area contributed by atoms with Gasteiger partial charge in [0.1, 0.15) is 0 Å². The first-order valence-electron chi connectivity index (χ1n) is 8.60. The molecule has 7 heteroatoms. The molecule has 0 fully saturated rings. The zero-order chi connectivity index (χ0) is 20.0. The van der Waals surface area contributed by atoms with E-state index < -0.39 is 15.9 Å². The Morgan fingerprint density at radius 3 is 2.18 bits per heavy atom. The molecular weight excluding hydrogens is 376 g/mol. The van der Waals surface area contributed by atoms with Crippen molar-refractivity contribution in [2.24, 2.45) is 0 Å². The van der Waals surface area contributed by atoms with Crippen molar-refractivity contribution in [1.29, 1.82) is 0 Å². The van der Waals surface area contributed by atoms with Crippen LogP contribution in [0.5, 0.6) is 0 Å². The number of benzene rings is 3. The monoisotopic (exact) mass is 396 g/mol. The van der Waals surface area contributed by atoms with E-state index in [1.54, 1.807) is 12.1 Å². The summed E-state index contributed by atoms with van der Waals surface area (Å²) in [4.78, 5) is 17.4. The summed E-state index contributed by atoms with van der Waals surface area (Å²) in [6.07, 6.45) is 0. The Kier molecular flexibility index (Phi) is 6.08. The van der Waals surface area contributed by atoms with E-state index in [1.807, 2.05) is 49.4 Å². The number of sulfonamides is 1. The Morgan fingerprint density at radius 1 is 0.893 bits per heavy atom. The van der Waals surface area contributed by atoms with Crippen molar-refractivity contribution in [1.82, 2.24) is 5.48 Å². The van der Waals surface area contributed by atoms with E-state index in [2.05, 4.69) is 10.2 Å². The molecule has 144 valence electrons. The number of carbonyl (C=O) groups excluding carboxylic acids is 1. The number of aryl methyl sites for hydroxylation is 1. The van der Waals surface area contributed by atoms with E-state index in [0.29, 0.717) is 11.3 Å². The van der Waals surface area contributed by atoms with E-state index >= 15 is 0 Å². The molecule has 0 aromatic heterocycles. The van der Waals surface area contributed by atoms with Crippen molar-refractivity contribution in [2.75, 3.05) is 4.72 Å². The predicted molar refractivity (Wildman–Crippen MR) is 107 cm³/mol. The lowest BCUT2D eigenvalue weighted by Gasteiger charge is -2.09. The smallest absolute Gasteiger partial charge is 0.274 e. The molecule has 3 aromatic rings. The zero-order valence-electron chi connectivity index (χ0n) is 15.3. The molecule has 0 radical (unpaired) electrons. The molecule has 6 nitrogen and oxygen atoms in total. The molecule has 2 N–H and O–H groups in total. The van der Waals surface area contributed by atoms with Crippen LogP contribution in [0.1, 0.15) is 21.5 Å². The van der Waals surface area contributed by atoms with Gasteiger partial charge in [0.05, 0.1) is 11.5 Å². The minimum absolute atomic E-state index is 0.0647. The first-order valence-corrected chi connectivity index (χ1v) is 10.1. The largest absolute Gasteiger partial charge is 0.280 e. The number of rotatable bonds is 7. The minimum atomic E-state index is -3.73. The van der Waals surface area contributed by atoms with Crippen LogP contribution in [0.3, 0.4) is 0 Å². The second-order valence-corrected chi connectivity index (χ2v) is 7.88. The third kappa shape index (κ3) is 5.18. The van der Waals surface area contributed by atoms with Crippen LogP contribution in [0.25, 0.3) is 0 Å². The number of nitrogens with one attached hydrogen (secondary N) is 2. The van der Waals surface area contributed by atoms with Crippen molar-refractivity contribution >= 4 is 21.6 Å². The maximum atomic E-state index is 12.5. The van der Waals surface area contributed by atoms with Crippen LogP contribution in [0, 0.1) is 6.92 Å². The molecule has 0 saturated heterocycles. The summed E-state index contributed by atoms with van der Waals surface area (Å²) in [5.74, 6) is -0.452. The van der Waals surface area contributed by atoms with Gasteiger partial charge in [0.2, 0.25) is 0 Å². The summed E-state index contributed by atoms with van der Waals surface area (Å²) in [6, 6.07) is 22.1. The second-order valence-electron chi connectivity index (χ2n) is 6.20. The van der Waals surface area contributed by atoms with Crippen molar-refractivity contribution in [2.45, 2.75) is 18.4 Å². The molecular formula is C21H20N2O4S. The van der Waals surface area contributed by atoms with E-state index in [4.69, 9.17) is 4.84 Å². The van der Waals surface area contributed by atoms with E-state index in [9.17, 15) is 13.2 Å². The van der Waals surface area contributed by atoms with Gasteiger partial charge in [-0.15, -0.1) is 0 Å². The lowest BCUT2D eigenvalue weighted by molar-refractivity contribution is 0.0233. The van der Waals surface area contributed by atoms with Gasteiger partial charge < -0.3 is 0 Å². The van der Waals surface area contributed by atoms with Crippen LogP contribution < -0.4 is 10.2 Å². The van der Waals surface area contributed by atoms with E-state index in [0.717, 1.165) is 11.1 Å². The number of hydrogen-bond donors (Lipinski definition) is 2. The maximum Gasteiger partial charge on any atom is 0.274 e. The van der Waals surface area contributed by atoms with Crippen LogP contribution in [0.15, 0.2) is 83.8 Å². The van der Waals surface area contributed by atoms with Gasteiger partial charge in [-0.05, 0) is 48.9 Å². The summed E-state index contributed by atoms with van der Waals surface area (Å²) in [6.45, 7) is 2.16. The first-order chi connectivity index (χ1) is 13.4. The van der Waals surface area contributed by atoms with E-state index in [-0.39, 0.29) is 11.5 Å². The molecule has 3 aromatic carbocycles. The Balaban J connectivity index is 1.60. The third-order valence-corrected chi connectivity index (χ3v) is 5.37. The average molecular weight is 396 g/mol. The summed E-state index contributed by atoms with van der Waals surface area (Å²) < 4.78 is 27.4. The van der Waals surface area contributed by atoms with Gasteiger partial charge >= 0.3 is 0 Å². The molecule has 0 spiro atoms. The third-order valence-electron chi connectivity index (χ3n) is 3.98. The van der Waals surface area contributed by atoms with E-state index in [1.165, 1.54) is 24.3 Å². The molecule has 3 rings (SSSR count). The number of amides is 1. The van der Waals surface area contributed by atoms with Crippen LogP contribution in [-0.2, 0) is 21.5 Å². The second kappa shape index (κ2) is 8.69. The fraction of sp³-hybridized carbons (Fsp3) is 0.0952. The molecule has 1 amide bonds. The minimum Gasteiger partial charge on any atom is -0.280 e. The van der Waals surface area contributed by atoms with Gasteiger partial charge in [0, 0.05) is 11.3 Å². The highest BCUT2D eigenvalue weighted by atomic mass is 32.2. The SMILES string of the molecule is Cc1ccc(NS(=O)(=O)c2ccc(C(=O)NOCc3ccccc3)cc2)cc1. The standard InChI is InChI=1S/C21H20N2O4S/c1-16-7-11-19(12-8-16)23-28(25,26)20-13-9-18(10-14-20)21(24)22-27-15-17-5-3-2-4-6-17/h2-14,23H,15H2,1H3,(H,22,24). The van der Waals surface area contributed by atoms with Gasteiger partial charge in [-0.1, -0.05) is 48.0 Å². The molecule has 0 aliphatic heterocycles. The maximum absolute atomic E-state index is 12.5. The Labute approximate surface area is 164 Å². The molecule has 0 atom stereocenters. The summed E-state index contributed by atoms with van der Waals surface area (Å²) in [5.41, 5.74) is 5.07. The van der Waals surface area contributed by atoms with Crippen molar-refractivity contribution < 1.29 is 18.0 Å². The number of anilines is 1. The lowest BCUT2D eigenvalue weighted by atomic mass is 10.2. The average Bonchev–Trinajstić information content (AvgIpc) is 2.70. The highest BCUT2D eigenvalue weighted by molar-refractivity contribution is 7.92. The molecule has 0 aliphatic rings. The van der Waals surface area contributed by atoms with Gasteiger partial charge in [0.25, 0.3) is 15.9 Å². The summed E-state index contributed by atoms with van der Waals surface area (Å²) >= 11 is 0. The topological polar surface area (TPSA) is 84.5 Å². The molecule has 0 saturated carbocycles. The Morgan fingerprint density at radius 2 is 1.54 bits per heavy atom. The molecule has 0 heterocycles. The van der Waals surface area contributed by atoms with Crippen LogP contribution in [0.2, 0.25) is 0 Å². The Bertz CT molecular complexity index is 1030. The fourth-order valence-electron chi connectivity index (χ4n) is 2.44. The normalized spacial score (nSPS) is 11.0. The number of hydrogen-bond acceptors (Lipinski definition) is 4. The molecule has 0 bridgehead atoms. The molecule has 28 heavy (non-hydrogen) atoms.